The number of aromatic nitrogens is 2. The number of hydrogen-bond donors (Lipinski definition) is 2. The number of carbonyl (C=O) groups excluding carboxylic acids is 1. The predicted octanol–water partition coefficient (Wildman–Crippen LogP) is 3.91. The lowest BCUT2D eigenvalue weighted by Gasteiger charge is -2.05. The molecule has 0 unspecified atom stereocenters. The van der Waals surface area contributed by atoms with Crippen LogP contribution in [0.5, 0.6) is 0 Å². The zero-order valence-electron chi connectivity index (χ0n) is 16.3. The first-order valence-electron chi connectivity index (χ1n) is 9.41. The van der Waals surface area contributed by atoms with E-state index in [0.717, 1.165) is 17.3 Å². The summed E-state index contributed by atoms with van der Waals surface area (Å²) in [5.74, 6) is 0.816. The van der Waals surface area contributed by atoms with Crippen molar-refractivity contribution in [2.24, 2.45) is 0 Å². The lowest BCUT2D eigenvalue weighted by atomic mass is 10.2. The average molecular weight is 454 g/mol. The first kappa shape index (κ1) is 21.0. The van der Waals surface area contributed by atoms with Crippen LogP contribution in [-0.2, 0) is 21.2 Å². The Morgan fingerprint density at radius 2 is 1.71 bits per heavy atom. The van der Waals surface area contributed by atoms with Crippen LogP contribution in [0.1, 0.15) is 5.76 Å². The molecule has 0 aliphatic carbocycles. The molecule has 0 saturated heterocycles. The number of hydrogen-bond acceptors (Lipinski definition) is 6. The number of nitrogens with zero attached hydrogens (tertiary/aromatic N) is 1. The minimum absolute atomic E-state index is 0.0110. The maximum atomic E-state index is 13.2. The number of amides is 1. The summed E-state index contributed by atoms with van der Waals surface area (Å²) in [6.45, 7) is 0.261. The van der Waals surface area contributed by atoms with Crippen molar-refractivity contribution in [1.29, 1.82) is 0 Å². The van der Waals surface area contributed by atoms with E-state index in [0.29, 0.717) is 11.6 Å². The number of furan rings is 1. The van der Waals surface area contributed by atoms with Gasteiger partial charge in [-0.2, -0.15) is 0 Å². The molecule has 2 heterocycles. The van der Waals surface area contributed by atoms with Gasteiger partial charge >= 0.3 is 0 Å². The number of thioether (sulfide) groups is 1. The van der Waals surface area contributed by atoms with Crippen LogP contribution in [0.3, 0.4) is 0 Å². The first-order valence-corrected chi connectivity index (χ1v) is 11.9. The Morgan fingerprint density at radius 1 is 1.00 bits per heavy atom. The molecule has 0 aliphatic heterocycles. The average Bonchev–Trinajstić information content (AvgIpc) is 3.48. The number of aromatic amines is 1. The molecule has 4 rings (SSSR count). The van der Waals surface area contributed by atoms with Gasteiger partial charge in [0.1, 0.15) is 16.6 Å². The van der Waals surface area contributed by atoms with Crippen molar-refractivity contribution in [3.8, 4) is 11.4 Å². The van der Waals surface area contributed by atoms with Crippen LogP contribution in [0.15, 0.2) is 98.4 Å². The summed E-state index contributed by atoms with van der Waals surface area (Å²) in [4.78, 5) is 19.8. The fraction of sp³-hybridized carbons (Fsp3) is 0.0909. The number of imidazole rings is 1. The van der Waals surface area contributed by atoms with Gasteiger partial charge < -0.3 is 14.7 Å². The van der Waals surface area contributed by atoms with E-state index in [1.54, 1.807) is 30.3 Å². The van der Waals surface area contributed by atoms with E-state index >= 15 is 0 Å². The van der Waals surface area contributed by atoms with Crippen molar-refractivity contribution < 1.29 is 17.6 Å². The van der Waals surface area contributed by atoms with Crippen LogP contribution < -0.4 is 5.32 Å². The molecule has 7 nitrogen and oxygen atoms in total. The van der Waals surface area contributed by atoms with Gasteiger partial charge in [0, 0.05) is 5.56 Å². The summed E-state index contributed by atoms with van der Waals surface area (Å²) >= 11 is 1.07. The summed E-state index contributed by atoms with van der Waals surface area (Å²) in [6, 6.07) is 20.9. The lowest BCUT2D eigenvalue weighted by Crippen LogP contribution is -2.24. The Morgan fingerprint density at radius 3 is 2.39 bits per heavy atom. The fourth-order valence-electron chi connectivity index (χ4n) is 2.86. The van der Waals surface area contributed by atoms with Gasteiger partial charge in [-0.25, -0.2) is 13.4 Å². The maximum absolute atomic E-state index is 13.2. The normalized spacial score (nSPS) is 11.4. The third-order valence-electron chi connectivity index (χ3n) is 4.39. The van der Waals surface area contributed by atoms with Crippen molar-refractivity contribution in [1.82, 2.24) is 15.3 Å². The Kier molecular flexibility index (Phi) is 6.24. The lowest BCUT2D eigenvalue weighted by molar-refractivity contribution is -0.118. The molecular weight excluding hydrogens is 434 g/mol. The molecule has 2 N–H and O–H groups in total. The summed E-state index contributed by atoms with van der Waals surface area (Å²) in [7, 11) is -3.84. The number of rotatable bonds is 8. The highest BCUT2D eigenvalue weighted by atomic mass is 32.2. The van der Waals surface area contributed by atoms with Gasteiger partial charge in [0.15, 0.2) is 5.03 Å². The Balaban J connectivity index is 1.59. The second-order valence-corrected chi connectivity index (χ2v) is 9.40. The zero-order valence-corrected chi connectivity index (χ0v) is 17.9. The minimum Gasteiger partial charge on any atom is -0.467 e. The van der Waals surface area contributed by atoms with Gasteiger partial charge in [0.25, 0.3) is 0 Å². The second-order valence-electron chi connectivity index (χ2n) is 6.55. The fourth-order valence-corrected chi connectivity index (χ4v) is 5.33. The monoisotopic (exact) mass is 453 g/mol. The molecule has 4 aromatic rings. The van der Waals surface area contributed by atoms with Crippen LogP contribution in [-0.4, -0.2) is 30.0 Å². The van der Waals surface area contributed by atoms with E-state index in [-0.39, 0.29) is 33.2 Å². The molecule has 31 heavy (non-hydrogen) atoms. The van der Waals surface area contributed by atoms with Gasteiger partial charge in [-0.05, 0) is 24.3 Å². The molecule has 158 valence electrons. The van der Waals surface area contributed by atoms with Gasteiger partial charge in [-0.1, -0.05) is 60.3 Å². The van der Waals surface area contributed by atoms with E-state index in [4.69, 9.17) is 4.42 Å². The molecule has 0 radical (unpaired) electrons. The summed E-state index contributed by atoms with van der Waals surface area (Å²) in [5.41, 5.74) is 0.751. The number of sulfone groups is 1. The third kappa shape index (κ3) is 4.89. The molecule has 2 aromatic carbocycles. The molecule has 9 heteroatoms. The number of nitrogens with one attached hydrogen (secondary N) is 2. The van der Waals surface area contributed by atoms with Crippen LogP contribution in [0, 0.1) is 0 Å². The highest BCUT2D eigenvalue weighted by Crippen LogP contribution is 2.31. The van der Waals surface area contributed by atoms with E-state index in [9.17, 15) is 13.2 Å². The molecular formula is C22H19N3O4S2. The largest absolute Gasteiger partial charge is 0.467 e. The van der Waals surface area contributed by atoms with Crippen LogP contribution >= 0.6 is 11.8 Å². The van der Waals surface area contributed by atoms with E-state index in [1.165, 1.54) is 18.4 Å². The minimum atomic E-state index is -3.84. The van der Waals surface area contributed by atoms with E-state index in [2.05, 4.69) is 15.3 Å². The van der Waals surface area contributed by atoms with Crippen molar-refractivity contribution in [3.63, 3.8) is 0 Å². The molecule has 0 saturated carbocycles. The zero-order chi connectivity index (χ0) is 21.7. The van der Waals surface area contributed by atoms with Gasteiger partial charge in [0.2, 0.25) is 15.7 Å². The summed E-state index contributed by atoms with van der Waals surface area (Å²) < 4.78 is 31.6. The molecule has 2 aromatic heterocycles. The van der Waals surface area contributed by atoms with E-state index in [1.807, 2.05) is 30.3 Å². The Labute approximate surface area is 183 Å². The SMILES string of the molecule is O=C(CSc1nc(-c2ccccc2)[nH]c1S(=O)(=O)c1ccccc1)NCc1ccco1. The molecule has 0 bridgehead atoms. The smallest absolute Gasteiger partial charge is 0.230 e. The number of H-pyrrole nitrogens is 1. The van der Waals surface area contributed by atoms with Crippen LogP contribution in [0.2, 0.25) is 0 Å². The summed E-state index contributed by atoms with van der Waals surface area (Å²) in [6.07, 6.45) is 1.53. The second kappa shape index (κ2) is 9.23. The number of benzene rings is 2. The molecule has 0 aliphatic rings. The maximum Gasteiger partial charge on any atom is 0.230 e. The molecule has 1 amide bonds. The van der Waals surface area contributed by atoms with E-state index < -0.39 is 9.84 Å². The Hall–Kier alpha value is -3.30. The summed E-state index contributed by atoms with van der Waals surface area (Å²) in [5, 5.41) is 2.96. The van der Waals surface area contributed by atoms with Gasteiger partial charge in [-0.15, -0.1) is 0 Å². The first-order chi connectivity index (χ1) is 15.0. The predicted molar refractivity (Wildman–Crippen MR) is 117 cm³/mol. The molecule has 0 atom stereocenters. The van der Waals surface area contributed by atoms with Crippen molar-refractivity contribution in [2.45, 2.75) is 21.5 Å². The quantitative estimate of drug-likeness (QED) is 0.392. The van der Waals surface area contributed by atoms with Crippen molar-refractivity contribution in [2.75, 3.05) is 5.75 Å². The topological polar surface area (TPSA) is 105 Å². The highest BCUT2D eigenvalue weighted by molar-refractivity contribution is 8.00. The molecule has 0 fully saturated rings. The van der Waals surface area contributed by atoms with Crippen molar-refractivity contribution >= 4 is 27.5 Å². The van der Waals surface area contributed by atoms with Gasteiger partial charge in [-0.3, -0.25) is 4.79 Å². The third-order valence-corrected chi connectivity index (χ3v) is 7.22. The standard InChI is InChI=1S/C22H19N3O4S2/c26-19(23-14-17-10-7-13-29-17)15-30-21-22(31(27,28)18-11-5-2-6-12-18)25-20(24-21)16-8-3-1-4-9-16/h1-13H,14-15H2,(H,23,26)(H,24,25). The number of carbonyl (C=O) groups is 1. The van der Waals surface area contributed by atoms with Crippen LogP contribution in [0.4, 0.5) is 0 Å². The highest BCUT2D eigenvalue weighted by Gasteiger charge is 2.26. The van der Waals surface area contributed by atoms with Crippen LogP contribution in [0.25, 0.3) is 11.4 Å². The Bertz CT molecular complexity index is 1250. The van der Waals surface area contributed by atoms with Crippen molar-refractivity contribution in [3.05, 3.63) is 84.8 Å². The van der Waals surface area contributed by atoms with Gasteiger partial charge in [0.05, 0.1) is 23.5 Å². The molecule has 0 spiro atoms.